The van der Waals surface area contributed by atoms with E-state index in [1.54, 1.807) is 32.0 Å². The van der Waals surface area contributed by atoms with Gasteiger partial charge in [0.15, 0.2) is 5.78 Å². The second-order valence-electron chi connectivity index (χ2n) is 9.94. The van der Waals surface area contributed by atoms with E-state index in [2.05, 4.69) is 15.0 Å². The molecule has 4 rings (SSSR count). The Morgan fingerprint density at radius 2 is 1.65 bits per heavy atom. The zero-order chi connectivity index (χ0) is 27.1. The Morgan fingerprint density at radius 1 is 0.973 bits per heavy atom. The Kier molecular flexibility index (Phi) is 6.66. The summed E-state index contributed by atoms with van der Waals surface area (Å²) in [4.78, 5) is 35.7. The number of H-pyrrole nitrogens is 1. The number of carbonyl (C=O) groups is 2. The summed E-state index contributed by atoms with van der Waals surface area (Å²) in [6.07, 6.45) is -3.15. The van der Waals surface area contributed by atoms with Crippen LogP contribution in [0.1, 0.15) is 52.2 Å². The molecule has 4 aromatic rings. The minimum Gasteiger partial charge on any atom is -0.481 e. The second-order valence-corrected chi connectivity index (χ2v) is 9.94. The topological polar surface area (TPSA) is 95.9 Å². The van der Waals surface area contributed by atoms with Crippen molar-refractivity contribution in [2.75, 3.05) is 0 Å². The van der Waals surface area contributed by atoms with Gasteiger partial charge in [0.1, 0.15) is 11.5 Å². The average Bonchev–Trinajstić information content (AvgIpc) is 3.20. The lowest BCUT2D eigenvalue weighted by Crippen LogP contribution is -2.26. The third-order valence-corrected chi connectivity index (χ3v) is 6.34. The maximum atomic E-state index is 12.8. The number of carboxylic acid groups (broad SMARTS) is 1. The van der Waals surface area contributed by atoms with Gasteiger partial charge in [0.2, 0.25) is 0 Å². The molecule has 0 unspecified atom stereocenters. The molecule has 2 heterocycles. The van der Waals surface area contributed by atoms with Gasteiger partial charge in [-0.25, -0.2) is 4.98 Å². The summed E-state index contributed by atoms with van der Waals surface area (Å²) in [7, 11) is 0. The lowest BCUT2D eigenvalue weighted by Gasteiger charge is -2.20. The number of pyridine rings is 1. The van der Waals surface area contributed by atoms with Crippen LogP contribution in [-0.2, 0) is 23.8 Å². The monoisotopic (exact) mass is 509 g/mol. The molecule has 0 fully saturated rings. The molecule has 192 valence electrons. The molecule has 0 aliphatic heterocycles. The van der Waals surface area contributed by atoms with E-state index in [1.807, 2.05) is 26.0 Å². The lowest BCUT2D eigenvalue weighted by molar-refractivity contribution is -0.146. The van der Waals surface area contributed by atoms with Gasteiger partial charge in [-0.3, -0.25) is 14.6 Å². The summed E-state index contributed by atoms with van der Waals surface area (Å²) in [5.41, 5.74) is 3.94. The van der Waals surface area contributed by atoms with Crippen LogP contribution in [0.15, 0.2) is 48.7 Å². The summed E-state index contributed by atoms with van der Waals surface area (Å²) in [6.45, 7) is 7.28. The normalized spacial score (nSPS) is 12.2. The first-order valence-electron chi connectivity index (χ1n) is 11.6. The molecule has 6 nitrogen and oxygen atoms in total. The zero-order valence-corrected chi connectivity index (χ0v) is 20.8. The molecule has 0 aliphatic rings. The number of aromatic nitrogens is 3. The molecule has 9 heteroatoms. The van der Waals surface area contributed by atoms with Crippen molar-refractivity contribution in [1.82, 2.24) is 15.0 Å². The van der Waals surface area contributed by atoms with Crippen LogP contribution in [-0.4, -0.2) is 31.8 Å². The first-order valence-corrected chi connectivity index (χ1v) is 11.6. The van der Waals surface area contributed by atoms with Gasteiger partial charge in [0.05, 0.1) is 16.4 Å². The molecular formula is C28H26F3N3O3. The number of halogens is 3. The Bertz CT molecular complexity index is 1480. The summed E-state index contributed by atoms with van der Waals surface area (Å²) >= 11 is 0. The van der Waals surface area contributed by atoms with Crippen LogP contribution in [0.4, 0.5) is 13.2 Å². The average molecular weight is 510 g/mol. The minimum absolute atomic E-state index is 0.0794. The number of hydrogen-bond donors (Lipinski definition) is 2. The van der Waals surface area contributed by atoms with Crippen molar-refractivity contribution in [1.29, 1.82) is 0 Å². The number of nitrogens with one attached hydrogen (secondary N) is 1. The number of fused-ring (bicyclic) bond motifs is 1. The number of aromatic amines is 1. The fourth-order valence-corrected chi connectivity index (χ4v) is 4.40. The maximum Gasteiger partial charge on any atom is 0.433 e. The second kappa shape index (κ2) is 9.46. The highest BCUT2D eigenvalue weighted by Gasteiger charge is 2.32. The third kappa shape index (κ3) is 5.55. The van der Waals surface area contributed by atoms with Gasteiger partial charge in [-0.15, -0.1) is 0 Å². The number of imidazole rings is 1. The van der Waals surface area contributed by atoms with Crippen LogP contribution in [0.25, 0.3) is 22.4 Å². The zero-order valence-electron chi connectivity index (χ0n) is 20.8. The highest BCUT2D eigenvalue weighted by molar-refractivity contribution is 6.00. The van der Waals surface area contributed by atoms with Gasteiger partial charge in [-0.2, -0.15) is 13.2 Å². The van der Waals surface area contributed by atoms with E-state index >= 15 is 0 Å². The highest BCUT2D eigenvalue weighted by Crippen LogP contribution is 2.31. The Balaban J connectivity index is 1.58. The van der Waals surface area contributed by atoms with Crippen molar-refractivity contribution >= 4 is 22.8 Å². The van der Waals surface area contributed by atoms with E-state index in [0.29, 0.717) is 34.4 Å². The first-order chi connectivity index (χ1) is 17.2. The van der Waals surface area contributed by atoms with Crippen molar-refractivity contribution in [2.45, 2.75) is 46.7 Å². The van der Waals surface area contributed by atoms with Crippen molar-refractivity contribution in [3.8, 4) is 11.4 Å². The van der Waals surface area contributed by atoms with Crippen molar-refractivity contribution in [2.24, 2.45) is 5.41 Å². The van der Waals surface area contributed by atoms with Gasteiger partial charge in [-0.05, 0) is 80.6 Å². The number of rotatable bonds is 7. The Labute approximate surface area is 211 Å². The number of nitrogens with zero attached hydrogens (tertiary/aromatic N) is 2. The fourth-order valence-electron chi connectivity index (χ4n) is 4.40. The molecule has 0 saturated heterocycles. The number of Topliss-reactive ketones (excluding diaryl/α,β-unsaturated/α-hetero) is 1. The molecule has 0 spiro atoms. The van der Waals surface area contributed by atoms with E-state index in [-0.39, 0.29) is 12.2 Å². The summed E-state index contributed by atoms with van der Waals surface area (Å²) in [5.74, 6) is -0.480. The van der Waals surface area contributed by atoms with E-state index in [4.69, 9.17) is 0 Å². The highest BCUT2D eigenvalue weighted by atomic mass is 19.4. The van der Waals surface area contributed by atoms with Crippen LogP contribution in [0.3, 0.4) is 0 Å². The Hall–Kier alpha value is -4.01. The predicted molar refractivity (Wildman–Crippen MR) is 133 cm³/mol. The number of carbonyl (C=O) groups excluding carboxylic acids is 1. The van der Waals surface area contributed by atoms with Gasteiger partial charge in [0.25, 0.3) is 0 Å². The smallest absolute Gasteiger partial charge is 0.433 e. The summed E-state index contributed by atoms with van der Waals surface area (Å²) in [6, 6.07) is 11.1. The fraction of sp³-hybridized carbons (Fsp3) is 0.286. The molecule has 37 heavy (non-hydrogen) atoms. The summed E-state index contributed by atoms with van der Waals surface area (Å²) < 4.78 is 38.2. The molecule has 0 amide bonds. The number of hydrogen-bond acceptors (Lipinski definition) is 4. The third-order valence-electron chi connectivity index (χ3n) is 6.34. The number of benzene rings is 2. The summed E-state index contributed by atoms with van der Waals surface area (Å²) in [5, 5.41) is 9.46. The predicted octanol–water partition coefficient (Wildman–Crippen LogP) is 6.34. The molecule has 2 aromatic heterocycles. The molecule has 2 aromatic carbocycles. The largest absolute Gasteiger partial charge is 0.481 e. The van der Waals surface area contributed by atoms with Gasteiger partial charge < -0.3 is 10.1 Å². The van der Waals surface area contributed by atoms with Gasteiger partial charge >= 0.3 is 12.1 Å². The number of aryl methyl sites for hydroxylation is 2. The van der Waals surface area contributed by atoms with E-state index < -0.39 is 23.3 Å². The van der Waals surface area contributed by atoms with Crippen molar-refractivity contribution in [3.05, 3.63) is 82.2 Å². The van der Waals surface area contributed by atoms with Crippen LogP contribution in [0.2, 0.25) is 0 Å². The molecule has 2 N–H and O–H groups in total. The van der Waals surface area contributed by atoms with Gasteiger partial charge in [0, 0.05) is 23.7 Å². The standard InChI is InChI=1S/C28H26F3N3O3/c1-15-9-18(13-27(3,4)26(36)37)10-16(2)24(15)25-33-20-7-6-19(12-21(20)34-25)22(35)11-17-5-8-23(32-14-17)28(29,30)31/h5-10,12,14H,11,13H2,1-4H3,(H,33,34)(H,36,37). The number of alkyl halides is 3. The van der Waals surface area contributed by atoms with E-state index in [1.165, 1.54) is 6.07 Å². The SMILES string of the molecule is Cc1cc(CC(C)(C)C(=O)O)cc(C)c1-c1nc2ccc(C(=O)Cc3ccc(C(F)(F)F)nc3)cc2[nH]1. The lowest BCUT2D eigenvalue weighted by atomic mass is 9.84. The van der Waals surface area contributed by atoms with Crippen molar-refractivity contribution in [3.63, 3.8) is 0 Å². The van der Waals surface area contributed by atoms with E-state index in [9.17, 15) is 27.9 Å². The van der Waals surface area contributed by atoms with Crippen LogP contribution in [0.5, 0.6) is 0 Å². The molecular weight excluding hydrogens is 483 g/mol. The first kappa shape index (κ1) is 26.1. The van der Waals surface area contributed by atoms with E-state index in [0.717, 1.165) is 34.5 Å². The Morgan fingerprint density at radius 3 is 2.22 bits per heavy atom. The molecule has 0 bridgehead atoms. The quantitative estimate of drug-likeness (QED) is 0.284. The molecule has 0 radical (unpaired) electrons. The molecule has 0 atom stereocenters. The van der Waals surface area contributed by atoms with Crippen molar-refractivity contribution < 1.29 is 27.9 Å². The van der Waals surface area contributed by atoms with Crippen LogP contribution >= 0.6 is 0 Å². The van der Waals surface area contributed by atoms with Crippen LogP contribution in [0, 0.1) is 19.3 Å². The number of carboxylic acids is 1. The van der Waals surface area contributed by atoms with Crippen LogP contribution < -0.4 is 0 Å². The maximum absolute atomic E-state index is 12.8. The van der Waals surface area contributed by atoms with Gasteiger partial charge in [-0.1, -0.05) is 18.2 Å². The minimum atomic E-state index is -4.53. The molecule has 0 aliphatic carbocycles. The number of aliphatic carboxylic acids is 1. The molecule has 0 saturated carbocycles. The number of ketones is 1.